The minimum Gasteiger partial charge on any atom is -0.393 e. The summed E-state index contributed by atoms with van der Waals surface area (Å²) in [6.07, 6.45) is 6.22. The molecule has 0 bridgehead atoms. The van der Waals surface area contributed by atoms with Crippen LogP contribution in [0, 0.1) is 0 Å². The van der Waals surface area contributed by atoms with Crippen molar-refractivity contribution in [2.24, 2.45) is 5.73 Å². The van der Waals surface area contributed by atoms with Crippen molar-refractivity contribution in [2.75, 3.05) is 0 Å². The lowest BCUT2D eigenvalue weighted by Crippen LogP contribution is -2.28. The van der Waals surface area contributed by atoms with Crippen LogP contribution in [0.2, 0.25) is 0 Å². The second-order valence-electron chi connectivity index (χ2n) is 4.11. The summed E-state index contributed by atoms with van der Waals surface area (Å²) in [5.74, 6) is 0. The summed E-state index contributed by atoms with van der Waals surface area (Å²) in [4.78, 5) is 0. The van der Waals surface area contributed by atoms with E-state index in [9.17, 15) is 5.11 Å². The molecule has 3 N–H and O–H groups in total. The monoisotopic (exact) mass is 167 g/mol. The molecule has 2 rings (SSSR count). The van der Waals surface area contributed by atoms with Crippen LogP contribution in [-0.2, 0) is 0 Å². The standard InChI is InChI=1S/C10H17NO/c11-9-3-1-8-6-10(12)4-2-7(8)5-9/h9-10,12H,1-6,11H2. The number of aliphatic hydroxyl groups is 1. The zero-order valence-corrected chi connectivity index (χ0v) is 7.42. The topological polar surface area (TPSA) is 46.2 Å². The fourth-order valence-electron chi connectivity index (χ4n) is 2.35. The van der Waals surface area contributed by atoms with Gasteiger partial charge < -0.3 is 10.8 Å². The molecule has 0 fully saturated rings. The van der Waals surface area contributed by atoms with E-state index in [1.54, 1.807) is 5.57 Å². The summed E-state index contributed by atoms with van der Waals surface area (Å²) in [7, 11) is 0. The van der Waals surface area contributed by atoms with Crippen LogP contribution < -0.4 is 5.73 Å². The molecular formula is C10H17NO. The van der Waals surface area contributed by atoms with Crippen molar-refractivity contribution < 1.29 is 5.11 Å². The molecule has 0 aromatic heterocycles. The molecule has 0 heterocycles. The molecule has 2 heteroatoms. The number of nitrogens with two attached hydrogens (primary N) is 1. The average Bonchev–Trinajstić information content (AvgIpc) is 2.05. The second kappa shape index (κ2) is 3.19. The molecule has 0 amide bonds. The maximum atomic E-state index is 9.45. The molecule has 0 saturated heterocycles. The van der Waals surface area contributed by atoms with Gasteiger partial charge >= 0.3 is 0 Å². The minimum absolute atomic E-state index is 0.0712. The Hall–Kier alpha value is -0.340. The lowest BCUT2D eigenvalue weighted by molar-refractivity contribution is 0.154. The zero-order chi connectivity index (χ0) is 8.55. The number of aliphatic hydroxyl groups excluding tert-OH is 1. The molecule has 0 radical (unpaired) electrons. The van der Waals surface area contributed by atoms with Crippen molar-refractivity contribution in [3.63, 3.8) is 0 Å². The molecule has 2 atom stereocenters. The quantitative estimate of drug-likeness (QED) is 0.535. The number of hydrogen-bond acceptors (Lipinski definition) is 2. The Morgan fingerprint density at radius 3 is 2.58 bits per heavy atom. The highest BCUT2D eigenvalue weighted by molar-refractivity contribution is 5.22. The van der Waals surface area contributed by atoms with E-state index in [0.717, 1.165) is 38.5 Å². The Morgan fingerprint density at radius 2 is 1.75 bits per heavy atom. The third-order valence-electron chi connectivity index (χ3n) is 3.09. The summed E-state index contributed by atoms with van der Waals surface area (Å²) in [6, 6.07) is 0.388. The molecule has 0 spiro atoms. The molecule has 2 aliphatic carbocycles. The lowest BCUT2D eigenvalue weighted by atomic mass is 9.79. The van der Waals surface area contributed by atoms with Gasteiger partial charge in [-0.2, -0.15) is 0 Å². The highest BCUT2D eigenvalue weighted by atomic mass is 16.3. The van der Waals surface area contributed by atoms with Crippen LogP contribution in [0.4, 0.5) is 0 Å². The summed E-state index contributed by atoms with van der Waals surface area (Å²) < 4.78 is 0. The van der Waals surface area contributed by atoms with Crippen LogP contribution in [0.3, 0.4) is 0 Å². The Bertz CT molecular complexity index is 188. The summed E-state index contributed by atoms with van der Waals surface area (Å²) >= 11 is 0. The summed E-state index contributed by atoms with van der Waals surface area (Å²) in [5.41, 5.74) is 8.94. The van der Waals surface area contributed by atoms with Gasteiger partial charge in [0.15, 0.2) is 0 Å². The zero-order valence-electron chi connectivity index (χ0n) is 7.42. The molecular weight excluding hydrogens is 150 g/mol. The molecule has 2 nitrogen and oxygen atoms in total. The van der Waals surface area contributed by atoms with Gasteiger partial charge in [-0.1, -0.05) is 11.1 Å². The van der Waals surface area contributed by atoms with Gasteiger partial charge in [0.2, 0.25) is 0 Å². The van der Waals surface area contributed by atoms with Crippen LogP contribution in [0.5, 0.6) is 0 Å². The lowest BCUT2D eigenvalue weighted by Gasteiger charge is -2.30. The second-order valence-corrected chi connectivity index (χ2v) is 4.11. The van der Waals surface area contributed by atoms with E-state index in [4.69, 9.17) is 5.73 Å². The Labute approximate surface area is 73.5 Å². The Kier molecular flexibility index (Phi) is 2.20. The van der Waals surface area contributed by atoms with E-state index in [2.05, 4.69) is 0 Å². The Balaban J connectivity index is 2.11. The first-order chi connectivity index (χ1) is 5.75. The first-order valence-electron chi connectivity index (χ1n) is 4.89. The SMILES string of the molecule is NC1CCC2=C(CCC(O)C2)C1. The van der Waals surface area contributed by atoms with E-state index in [-0.39, 0.29) is 6.10 Å². The third-order valence-corrected chi connectivity index (χ3v) is 3.09. The fourth-order valence-corrected chi connectivity index (χ4v) is 2.35. The maximum absolute atomic E-state index is 9.45. The van der Waals surface area contributed by atoms with Gasteiger partial charge in [-0.15, -0.1) is 0 Å². The summed E-state index contributed by atoms with van der Waals surface area (Å²) in [6.45, 7) is 0. The van der Waals surface area contributed by atoms with Gasteiger partial charge in [0.1, 0.15) is 0 Å². The van der Waals surface area contributed by atoms with Crippen molar-refractivity contribution in [1.29, 1.82) is 0 Å². The molecule has 0 aliphatic heterocycles. The first-order valence-corrected chi connectivity index (χ1v) is 4.89. The molecule has 0 aromatic rings. The van der Waals surface area contributed by atoms with Crippen molar-refractivity contribution in [3.05, 3.63) is 11.1 Å². The van der Waals surface area contributed by atoms with Gasteiger partial charge in [-0.05, 0) is 38.5 Å². The molecule has 2 unspecified atom stereocenters. The molecule has 2 aliphatic rings. The van der Waals surface area contributed by atoms with Gasteiger partial charge in [0.05, 0.1) is 6.10 Å². The smallest absolute Gasteiger partial charge is 0.0580 e. The predicted octanol–water partition coefficient (Wildman–Crippen LogP) is 1.34. The number of rotatable bonds is 0. The van der Waals surface area contributed by atoms with Gasteiger partial charge in [0.25, 0.3) is 0 Å². The van der Waals surface area contributed by atoms with Crippen LogP contribution >= 0.6 is 0 Å². The summed E-state index contributed by atoms with van der Waals surface area (Å²) in [5, 5.41) is 9.45. The van der Waals surface area contributed by atoms with E-state index in [0.29, 0.717) is 6.04 Å². The van der Waals surface area contributed by atoms with E-state index >= 15 is 0 Å². The van der Waals surface area contributed by atoms with Gasteiger partial charge in [-0.3, -0.25) is 0 Å². The van der Waals surface area contributed by atoms with Gasteiger partial charge in [0, 0.05) is 6.04 Å². The molecule has 0 saturated carbocycles. The molecule has 12 heavy (non-hydrogen) atoms. The van der Waals surface area contributed by atoms with E-state index in [1.165, 1.54) is 5.57 Å². The van der Waals surface area contributed by atoms with E-state index in [1.807, 2.05) is 0 Å². The highest BCUT2D eigenvalue weighted by Gasteiger charge is 2.24. The third kappa shape index (κ3) is 1.54. The van der Waals surface area contributed by atoms with Crippen LogP contribution in [0.15, 0.2) is 11.1 Å². The van der Waals surface area contributed by atoms with Crippen molar-refractivity contribution in [2.45, 2.75) is 50.7 Å². The van der Waals surface area contributed by atoms with Crippen LogP contribution in [-0.4, -0.2) is 17.3 Å². The van der Waals surface area contributed by atoms with Crippen molar-refractivity contribution >= 4 is 0 Å². The Morgan fingerprint density at radius 1 is 1.08 bits per heavy atom. The fraction of sp³-hybridized carbons (Fsp3) is 0.800. The predicted molar refractivity (Wildman–Crippen MR) is 48.7 cm³/mol. The largest absolute Gasteiger partial charge is 0.393 e. The normalized spacial score (nSPS) is 36.5. The number of hydrogen-bond donors (Lipinski definition) is 2. The molecule has 68 valence electrons. The van der Waals surface area contributed by atoms with Crippen LogP contribution in [0.25, 0.3) is 0 Å². The van der Waals surface area contributed by atoms with Crippen molar-refractivity contribution in [3.8, 4) is 0 Å². The van der Waals surface area contributed by atoms with Crippen molar-refractivity contribution in [1.82, 2.24) is 0 Å². The maximum Gasteiger partial charge on any atom is 0.0580 e. The minimum atomic E-state index is -0.0712. The first kappa shape index (κ1) is 8.27. The molecule has 0 aromatic carbocycles. The van der Waals surface area contributed by atoms with Crippen LogP contribution in [0.1, 0.15) is 38.5 Å². The van der Waals surface area contributed by atoms with Gasteiger partial charge in [-0.25, -0.2) is 0 Å². The highest BCUT2D eigenvalue weighted by Crippen LogP contribution is 2.34. The average molecular weight is 167 g/mol. The van der Waals surface area contributed by atoms with E-state index < -0.39 is 0 Å².